The molecule has 130 valence electrons. The fourth-order valence-corrected chi connectivity index (χ4v) is 2.63. The van der Waals surface area contributed by atoms with E-state index >= 15 is 0 Å². The molecule has 3 amide bonds. The number of carbonyl (C=O) groups excluding carboxylic acids is 3. The molecule has 7 heteroatoms. The first kappa shape index (κ1) is 17.8. The molecule has 1 aliphatic heterocycles. The summed E-state index contributed by atoms with van der Waals surface area (Å²) in [6.45, 7) is 1.61. The zero-order chi connectivity index (χ0) is 17.4. The second kappa shape index (κ2) is 8.90. The average Bonchev–Trinajstić information content (AvgIpc) is 2.79. The predicted octanol–water partition coefficient (Wildman–Crippen LogP) is 2.00. The lowest BCUT2D eigenvalue weighted by atomic mass is 10.1. The van der Waals surface area contributed by atoms with E-state index in [1.54, 1.807) is 29.2 Å². The molecule has 2 rings (SSSR count). The van der Waals surface area contributed by atoms with E-state index in [0.29, 0.717) is 30.8 Å². The molecule has 7 nitrogen and oxygen atoms in total. The molecule has 0 unspecified atom stereocenters. The molecule has 0 atom stereocenters. The van der Waals surface area contributed by atoms with Crippen molar-refractivity contribution in [2.24, 2.45) is 0 Å². The highest BCUT2D eigenvalue weighted by Crippen LogP contribution is 2.15. The number of nitrogens with one attached hydrogen (secondary N) is 2. The van der Waals surface area contributed by atoms with Gasteiger partial charge in [0.2, 0.25) is 5.91 Å². The summed E-state index contributed by atoms with van der Waals surface area (Å²) in [6, 6.07) is 6.69. The minimum Gasteiger partial charge on any atom is -0.453 e. The van der Waals surface area contributed by atoms with Gasteiger partial charge in [0.05, 0.1) is 18.4 Å². The van der Waals surface area contributed by atoms with Gasteiger partial charge in [-0.3, -0.25) is 14.9 Å². The van der Waals surface area contributed by atoms with Crippen molar-refractivity contribution in [3.8, 4) is 0 Å². The summed E-state index contributed by atoms with van der Waals surface area (Å²) < 4.78 is 4.55. The molecular formula is C17H23N3O4. The Morgan fingerprint density at radius 2 is 2.00 bits per heavy atom. The number of rotatable bonds is 5. The molecule has 0 bridgehead atoms. The predicted molar refractivity (Wildman–Crippen MR) is 89.9 cm³/mol. The molecule has 1 saturated heterocycles. The highest BCUT2D eigenvalue weighted by Gasteiger charge is 2.17. The molecule has 1 aromatic carbocycles. The first-order valence-electron chi connectivity index (χ1n) is 8.12. The standard InChI is InChI=1S/C17H23N3O4/c1-24-17(23)19-14-8-5-4-7-13(14)16(22)18-10-12-20-11-6-2-3-9-15(20)21/h4-5,7-8H,2-3,6,9-12H2,1H3,(H,18,22)(H,19,23). The lowest BCUT2D eigenvalue weighted by molar-refractivity contribution is -0.130. The molecule has 0 saturated carbocycles. The number of nitrogens with zero attached hydrogens (tertiary/aromatic N) is 1. The minimum absolute atomic E-state index is 0.148. The Labute approximate surface area is 141 Å². The third kappa shape index (κ3) is 4.97. The highest BCUT2D eigenvalue weighted by atomic mass is 16.5. The van der Waals surface area contributed by atoms with E-state index in [1.165, 1.54) is 7.11 Å². The number of amides is 3. The van der Waals surface area contributed by atoms with E-state index in [4.69, 9.17) is 0 Å². The second-order valence-corrected chi connectivity index (χ2v) is 5.61. The van der Waals surface area contributed by atoms with E-state index in [1.807, 2.05) is 0 Å². The summed E-state index contributed by atoms with van der Waals surface area (Å²) in [6.07, 6.45) is 2.96. The van der Waals surface area contributed by atoms with Crippen LogP contribution in [0.4, 0.5) is 10.5 Å². The van der Waals surface area contributed by atoms with Crippen molar-refractivity contribution in [1.29, 1.82) is 0 Å². The van der Waals surface area contributed by atoms with Crippen molar-refractivity contribution >= 4 is 23.6 Å². The summed E-state index contributed by atoms with van der Waals surface area (Å²) in [5.41, 5.74) is 0.734. The Hall–Kier alpha value is -2.57. The SMILES string of the molecule is COC(=O)Nc1ccccc1C(=O)NCCN1CCCCCC1=O. The topological polar surface area (TPSA) is 87.7 Å². The number of carbonyl (C=O) groups is 3. The minimum atomic E-state index is -0.634. The van der Waals surface area contributed by atoms with E-state index in [2.05, 4.69) is 15.4 Å². The maximum Gasteiger partial charge on any atom is 0.411 e. The zero-order valence-corrected chi connectivity index (χ0v) is 13.8. The van der Waals surface area contributed by atoms with Gasteiger partial charge < -0.3 is 15.0 Å². The Balaban J connectivity index is 1.90. The maximum atomic E-state index is 12.3. The van der Waals surface area contributed by atoms with Crippen LogP contribution in [0.25, 0.3) is 0 Å². The second-order valence-electron chi connectivity index (χ2n) is 5.61. The summed E-state index contributed by atoms with van der Waals surface area (Å²) in [7, 11) is 1.26. The third-order valence-electron chi connectivity index (χ3n) is 3.93. The highest BCUT2D eigenvalue weighted by molar-refractivity contribution is 6.02. The van der Waals surface area contributed by atoms with Gasteiger partial charge in [0.15, 0.2) is 0 Å². The fourth-order valence-electron chi connectivity index (χ4n) is 2.63. The van der Waals surface area contributed by atoms with Gasteiger partial charge in [-0.05, 0) is 25.0 Å². The Morgan fingerprint density at radius 3 is 2.79 bits per heavy atom. The number of ether oxygens (including phenoxy) is 1. The molecular weight excluding hydrogens is 310 g/mol. The smallest absolute Gasteiger partial charge is 0.411 e. The summed E-state index contributed by atoms with van der Waals surface area (Å²) in [5.74, 6) is -0.154. The summed E-state index contributed by atoms with van der Waals surface area (Å²) in [5, 5.41) is 5.30. The first-order valence-corrected chi connectivity index (χ1v) is 8.12. The van der Waals surface area contributed by atoms with Gasteiger partial charge >= 0.3 is 6.09 Å². The Morgan fingerprint density at radius 1 is 1.21 bits per heavy atom. The van der Waals surface area contributed by atoms with Crippen LogP contribution in [0.3, 0.4) is 0 Å². The lowest BCUT2D eigenvalue weighted by Crippen LogP contribution is -2.38. The van der Waals surface area contributed by atoms with Gasteiger partial charge in [-0.15, -0.1) is 0 Å². The van der Waals surface area contributed by atoms with Crippen molar-refractivity contribution in [2.45, 2.75) is 25.7 Å². The number of benzene rings is 1. The van der Waals surface area contributed by atoms with Crippen LogP contribution in [0.5, 0.6) is 0 Å². The third-order valence-corrected chi connectivity index (χ3v) is 3.93. The Kier molecular flexibility index (Phi) is 6.60. The molecule has 0 aromatic heterocycles. The molecule has 2 N–H and O–H groups in total. The molecule has 1 heterocycles. The number of likely N-dealkylation sites (tertiary alicyclic amines) is 1. The fraction of sp³-hybridized carbons (Fsp3) is 0.471. The van der Waals surface area contributed by atoms with E-state index in [0.717, 1.165) is 25.8 Å². The molecule has 24 heavy (non-hydrogen) atoms. The summed E-state index contributed by atoms with van der Waals surface area (Å²) in [4.78, 5) is 37.4. The number of hydrogen-bond donors (Lipinski definition) is 2. The van der Waals surface area contributed by atoms with Gasteiger partial charge in [0, 0.05) is 26.1 Å². The van der Waals surface area contributed by atoms with Crippen LogP contribution in [-0.2, 0) is 9.53 Å². The van der Waals surface area contributed by atoms with E-state index in [9.17, 15) is 14.4 Å². The van der Waals surface area contributed by atoms with Crippen molar-refractivity contribution in [2.75, 3.05) is 32.1 Å². The van der Waals surface area contributed by atoms with Crippen LogP contribution in [0.1, 0.15) is 36.0 Å². The molecule has 0 spiro atoms. The van der Waals surface area contributed by atoms with Crippen molar-refractivity contribution < 1.29 is 19.1 Å². The van der Waals surface area contributed by atoms with Crippen molar-refractivity contribution in [3.05, 3.63) is 29.8 Å². The molecule has 1 fully saturated rings. The van der Waals surface area contributed by atoms with Crippen LogP contribution in [-0.4, -0.2) is 49.6 Å². The van der Waals surface area contributed by atoms with E-state index < -0.39 is 6.09 Å². The molecule has 0 radical (unpaired) electrons. The summed E-state index contributed by atoms with van der Waals surface area (Å²) >= 11 is 0. The molecule has 0 aliphatic carbocycles. The molecule has 1 aliphatic rings. The van der Waals surface area contributed by atoms with Crippen LogP contribution < -0.4 is 10.6 Å². The van der Waals surface area contributed by atoms with Crippen LogP contribution in [0.2, 0.25) is 0 Å². The largest absolute Gasteiger partial charge is 0.453 e. The van der Waals surface area contributed by atoms with E-state index in [-0.39, 0.29) is 11.8 Å². The van der Waals surface area contributed by atoms with Gasteiger partial charge in [0.25, 0.3) is 5.91 Å². The monoisotopic (exact) mass is 333 g/mol. The van der Waals surface area contributed by atoms with Gasteiger partial charge in [0.1, 0.15) is 0 Å². The Bertz CT molecular complexity index is 603. The van der Waals surface area contributed by atoms with Crippen molar-refractivity contribution in [1.82, 2.24) is 10.2 Å². The quantitative estimate of drug-likeness (QED) is 0.863. The van der Waals surface area contributed by atoms with Crippen molar-refractivity contribution in [3.63, 3.8) is 0 Å². The number of methoxy groups -OCH3 is 1. The number of anilines is 1. The number of para-hydroxylation sites is 1. The lowest BCUT2D eigenvalue weighted by Gasteiger charge is -2.20. The zero-order valence-electron chi connectivity index (χ0n) is 13.8. The maximum absolute atomic E-state index is 12.3. The van der Waals surface area contributed by atoms with Crippen LogP contribution >= 0.6 is 0 Å². The van der Waals surface area contributed by atoms with Crippen LogP contribution in [0, 0.1) is 0 Å². The number of hydrogen-bond acceptors (Lipinski definition) is 4. The normalized spacial score (nSPS) is 14.7. The first-order chi connectivity index (χ1) is 11.6. The average molecular weight is 333 g/mol. The van der Waals surface area contributed by atoms with Gasteiger partial charge in [-0.25, -0.2) is 4.79 Å². The van der Waals surface area contributed by atoms with Gasteiger partial charge in [-0.2, -0.15) is 0 Å². The van der Waals surface area contributed by atoms with Crippen LogP contribution in [0.15, 0.2) is 24.3 Å². The van der Waals surface area contributed by atoms with Gasteiger partial charge in [-0.1, -0.05) is 18.6 Å². The molecule has 1 aromatic rings.